The van der Waals surface area contributed by atoms with Crippen LogP contribution in [0.3, 0.4) is 0 Å². The maximum absolute atomic E-state index is 5.96. The zero-order valence-corrected chi connectivity index (χ0v) is 15.2. The molecule has 0 fully saturated rings. The Balaban J connectivity index is 1.62. The highest BCUT2D eigenvalue weighted by Gasteiger charge is 2.01. The molecule has 0 aliphatic carbocycles. The van der Waals surface area contributed by atoms with Crippen LogP contribution in [0.5, 0.6) is 0 Å². The van der Waals surface area contributed by atoms with Gasteiger partial charge in [0.25, 0.3) is 0 Å². The number of nitrogens with one attached hydrogen (secondary N) is 1. The molecule has 0 saturated carbocycles. The van der Waals surface area contributed by atoms with E-state index in [9.17, 15) is 0 Å². The van der Waals surface area contributed by atoms with Crippen molar-refractivity contribution < 1.29 is 4.74 Å². The molecule has 134 valence electrons. The standard InChI is InChI=1S/C21H29N3O/c1-17(2)19-11-8-12-20(15-19)24-21(22)23-13-6-7-14-25-16-18-9-4-3-5-10-18/h3-5,8-12,15,17H,6-7,13-14,16H2,1-2H3,(H3,22,23,24). The van der Waals surface area contributed by atoms with Gasteiger partial charge in [-0.25, -0.2) is 0 Å². The molecular weight excluding hydrogens is 310 g/mol. The Morgan fingerprint density at radius 3 is 2.64 bits per heavy atom. The second-order valence-corrected chi connectivity index (χ2v) is 6.42. The number of anilines is 1. The molecule has 0 amide bonds. The molecule has 3 N–H and O–H groups in total. The van der Waals surface area contributed by atoms with Gasteiger partial charge in [0.2, 0.25) is 0 Å². The van der Waals surface area contributed by atoms with E-state index in [1.54, 1.807) is 0 Å². The lowest BCUT2D eigenvalue weighted by Crippen LogP contribution is -2.23. The van der Waals surface area contributed by atoms with Gasteiger partial charge in [-0.2, -0.15) is 0 Å². The highest BCUT2D eigenvalue weighted by Crippen LogP contribution is 2.18. The highest BCUT2D eigenvalue weighted by molar-refractivity contribution is 5.92. The maximum Gasteiger partial charge on any atom is 0.193 e. The number of guanidine groups is 1. The predicted molar refractivity (Wildman–Crippen MR) is 106 cm³/mol. The minimum Gasteiger partial charge on any atom is -0.377 e. The molecule has 25 heavy (non-hydrogen) atoms. The minimum absolute atomic E-state index is 0.464. The lowest BCUT2D eigenvalue weighted by atomic mass is 10.0. The smallest absolute Gasteiger partial charge is 0.193 e. The van der Waals surface area contributed by atoms with Gasteiger partial charge in [0.15, 0.2) is 5.96 Å². The van der Waals surface area contributed by atoms with Crippen molar-refractivity contribution in [3.8, 4) is 0 Å². The van der Waals surface area contributed by atoms with E-state index in [1.807, 2.05) is 30.3 Å². The molecule has 0 heterocycles. The van der Waals surface area contributed by atoms with E-state index in [4.69, 9.17) is 10.5 Å². The average molecular weight is 339 g/mol. The van der Waals surface area contributed by atoms with Gasteiger partial charge in [-0.15, -0.1) is 0 Å². The highest BCUT2D eigenvalue weighted by atomic mass is 16.5. The Labute approximate surface area is 151 Å². The van der Waals surface area contributed by atoms with Gasteiger partial charge in [0, 0.05) is 18.8 Å². The van der Waals surface area contributed by atoms with E-state index >= 15 is 0 Å². The van der Waals surface area contributed by atoms with Crippen molar-refractivity contribution in [3.05, 3.63) is 65.7 Å². The molecule has 0 aliphatic heterocycles. The van der Waals surface area contributed by atoms with Gasteiger partial charge in [0.1, 0.15) is 0 Å². The third-order valence-electron chi connectivity index (χ3n) is 3.92. The summed E-state index contributed by atoms with van der Waals surface area (Å²) in [5.41, 5.74) is 9.43. The average Bonchev–Trinajstić information content (AvgIpc) is 2.62. The molecule has 0 aromatic heterocycles. The van der Waals surface area contributed by atoms with Crippen molar-refractivity contribution in [1.82, 2.24) is 0 Å². The first-order valence-corrected chi connectivity index (χ1v) is 8.93. The van der Waals surface area contributed by atoms with Crippen LogP contribution in [-0.4, -0.2) is 19.1 Å². The fourth-order valence-corrected chi connectivity index (χ4v) is 2.44. The lowest BCUT2D eigenvalue weighted by Gasteiger charge is -2.10. The molecule has 0 unspecified atom stereocenters. The quantitative estimate of drug-likeness (QED) is 0.401. The third-order valence-corrected chi connectivity index (χ3v) is 3.92. The second-order valence-electron chi connectivity index (χ2n) is 6.42. The Morgan fingerprint density at radius 2 is 1.88 bits per heavy atom. The molecule has 4 heteroatoms. The Bertz CT molecular complexity index is 653. The summed E-state index contributed by atoms with van der Waals surface area (Å²) < 4.78 is 5.66. The Hall–Kier alpha value is -2.33. The van der Waals surface area contributed by atoms with Crippen LogP contribution in [0.4, 0.5) is 5.69 Å². The Kier molecular flexibility index (Phi) is 7.99. The summed E-state index contributed by atoms with van der Waals surface area (Å²) in [4.78, 5) is 4.38. The fraction of sp³-hybridized carbons (Fsp3) is 0.381. The van der Waals surface area contributed by atoms with Crippen LogP contribution in [0.15, 0.2) is 59.6 Å². The van der Waals surface area contributed by atoms with Gasteiger partial charge in [-0.05, 0) is 42.0 Å². The fourth-order valence-electron chi connectivity index (χ4n) is 2.44. The molecule has 4 nitrogen and oxygen atoms in total. The van der Waals surface area contributed by atoms with Gasteiger partial charge >= 0.3 is 0 Å². The molecule has 0 radical (unpaired) electrons. The number of unbranched alkanes of at least 4 members (excludes halogenated alkanes) is 1. The monoisotopic (exact) mass is 339 g/mol. The first-order valence-electron chi connectivity index (χ1n) is 8.93. The van der Waals surface area contributed by atoms with Crippen LogP contribution in [0.1, 0.15) is 43.7 Å². The van der Waals surface area contributed by atoms with Crippen molar-refractivity contribution in [2.75, 3.05) is 18.5 Å². The summed E-state index contributed by atoms with van der Waals surface area (Å²) in [6.07, 6.45) is 1.94. The van der Waals surface area contributed by atoms with Crippen LogP contribution >= 0.6 is 0 Å². The van der Waals surface area contributed by atoms with Crippen LogP contribution in [0.2, 0.25) is 0 Å². The molecule has 0 saturated heterocycles. The van der Waals surface area contributed by atoms with Crippen molar-refractivity contribution in [1.29, 1.82) is 0 Å². The molecular formula is C21H29N3O. The van der Waals surface area contributed by atoms with Gasteiger partial charge < -0.3 is 15.8 Å². The van der Waals surface area contributed by atoms with Gasteiger partial charge in [-0.1, -0.05) is 56.3 Å². The first kappa shape index (κ1) is 19.0. The topological polar surface area (TPSA) is 59.6 Å². The summed E-state index contributed by atoms with van der Waals surface area (Å²) in [6.45, 7) is 6.47. The predicted octanol–water partition coefficient (Wildman–Crippen LogP) is 4.53. The number of hydrogen-bond donors (Lipinski definition) is 2. The number of nitrogens with zero attached hydrogens (tertiary/aromatic N) is 1. The van der Waals surface area contributed by atoms with E-state index < -0.39 is 0 Å². The second kappa shape index (κ2) is 10.5. The summed E-state index contributed by atoms with van der Waals surface area (Å²) in [6, 6.07) is 18.5. The summed E-state index contributed by atoms with van der Waals surface area (Å²) in [5.74, 6) is 0.960. The van der Waals surface area contributed by atoms with Gasteiger partial charge in [-0.3, -0.25) is 4.99 Å². The largest absolute Gasteiger partial charge is 0.377 e. The van der Waals surface area contributed by atoms with Crippen molar-refractivity contribution >= 4 is 11.6 Å². The van der Waals surface area contributed by atoms with Crippen molar-refractivity contribution in [2.45, 2.75) is 39.2 Å². The Morgan fingerprint density at radius 1 is 1.08 bits per heavy atom. The molecule has 2 aromatic carbocycles. The number of hydrogen-bond acceptors (Lipinski definition) is 2. The third kappa shape index (κ3) is 7.40. The SMILES string of the molecule is CC(C)c1cccc(NC(N)=NCCCCOCc2ccccc2)c1. The zero-order valence-electron chi connectivity index (χ0n) is 15.2. The normalized spacial score (nSPS) is 11.7. The molecule has 0 spiro atoms. The van der Waals surface area contributed by atoms with E-state index in [0.29, 0.717) is 25.0 Å². The van der Waals surface area contributed by atoms with Crippen molar-refractivity contribution in [3.63, 3.8) is 0 Å². The van der Waals surface area contributed by atoms with Crippen LogP contribution in [0.25, 0.3) is 0 Å². The zero-order chi connectivity index (χ0) is 17.9. The number of nitrogens with two attached hydrogens (primary N) is 1. The summed E-state index contributed by atoms with van der Waals surface area (Å²) in [5, 5.41) is 3.16. The first-order chi connectivity index (χ1) is 12.1. The molecule has 2 rings (SSSR count). The minimum atomic E-state index is 0.464. The van der Waals surface area contributed by atoms with Gasteiger partial charge in [0.05, 0.1) is 6.61 Å². The van der Waals surface area contributed by atoms with E-state index in [2.05, 4.69) is 48.4 Å². The molecule has 0 atom stereocenters. The van der Waals surface area contributed by atoms with Crippen LogP contribution in [0, 0.1) is 0 Å². The summed E-state index contributed by atoms with van der Waals surface area (Å²) >= 11 is 0. The molecule has 0 bridgehead atoms. The number of ether oxygens (including phenoxy) is 1. The van der Waals surface area contributed by atoms with E-state index in [1.165, 1.54) is 11.1 Å². The number of aliphatic imine (C=N–C) groups is 1. The van der Waals surface area contributed by atoms with E-state index in [0.717, 1.165) is 25.1 Å². The maximum atomic E-state index is 5.96. The number of rotatable bonds is 9. The van der Waals surface area contributed by atoms with E-state index in [-0.39, 0.29) is 0 Å². The lowest BCUT2D eigenvalue weighted by molar-refractivity contribution is 0.117. The van der Waals surface area contributed by atoms with Crippen LogP contribution < -0.4 is 11.1 Å². The van der Waals surface area contributed by atoms with Crippen LogP contribution in [-0.2, 0) is 11.3 Å². The molecule has 2 aromatic rings. The number of benzene rings is 2. The van der Waals surface area contributed by atoms with Crippen molar-refractivity contribution in [2.24, 2.45) is 10.7 Å². The summed E-state index contributed by atoms with van der Waals surface area (Å²) in [7, 11) is 0. The molecule has 0 aliphatic rings.